The van der Waals surface area contributed by atoms with Gasteiger partial charge in [-0.25, -0.2) is 4.57 Å². The molecule has 2 aromatic heterocycles. The van der Waals surface area contributed by atoms with Gasteiger partial charge in [0.1, 0.15) is 6.20 Å². The fraction of sp³-hybridized carbons (Fsp3) is 0.250. The number of halogens is 1. The highest BCUT2D eigenvalue weighted by molar-refractivity contribution is 6.30. The Morgan fingerprint density at radius 2 is 2.33 bits per heavy atom. The van der Waals surface area contributed by atoms with Crippen molar-refractivity contribution in [3.05, 3.63) is 29.2 Å². The summed E-state index contributed by atoms with van der Waals surface area (Å²) in [5.41, 5.74) is 2.04. The zero-order valence-electron chi connectivity index (χ0n) is 6.95. The van der Waals surface area contributed by atoms with E-state index in [1.54, 1.807) is 4.52 Å². The highest BCUT2D eigenvalue weighted by atomic mass is 35.5. The Kier molecular flexibility index (Phi) is 1.54. The number of aryl methyl sites for hydroxylation is 2. The SMILES string of the molecule is Cc1cc2n(cc[n+]2C)nc1Cl. The van der Waals surface area contributed by atoms with Crippen LogP contribution in [0.3, 0.4) is 0 Å². The molecule has 0 unspecified atom stereocenters. The van der Waals surface area contributed by atoms with E-state index in [4.69, 9.17) is 11.6 Å². The molecule has 0 saturated heterocycles. The number of hydrogen-bond acceptors (Lipinski definition) is 1. The van der Waals surface area contributed by atoms with E-state index < -0.39 is 0 Å². The topological polar surface area (TPSA) is 21.2 Å². The first-order valence-electron chi connectivity index (χ1n) is 3.68. The molecule has 0 saturated carbocycles. The Hall–Kier alpha value is -1.09. The van der Waals surface area contributed by atoms with Crippen molar-refractivity contribution < 1.29 is 4.57 Å². The van der Waals surface area contributed by atoms with E-state index in [9.17, 15) is 0 Å². The van der Waals surface area contributed by atoms with Crippen LogP contribution in [0.1, 0.15) is 5.56 Å². The van der Waals surface area contributed by atoms with E-state index in [1.807, 2.05) is 37.0 Å². The second kappa shape index (κ2) is 2.45. The molecule has 0 radical (unpaired) electrons. The van der Waals surface area contributed by atoms with Crippen LogP contribution in [0.2, 0.25) is 5.15 Å². The number of hydrogen-bond donors (Lipinski definition) is 0. The lowest BCUT2D eigenvalue weighted by atomic mass is 10.3. The normalized spacial score (nSPS) is 10.9. The third kappa shape index (κ3) is 0.975. The highest BCUT2D eigenvalue weighted by Gasteiger charge is 2.09. The molecule has 62 valence electrons. The van der Waals surface area contributed by atoms with Crippen molar-refractivity contribution in [3.63, 3.8) is 0 Å². The summed E-state index contributed by atoms with van der Waals surface area (Å²) >= 11 is 5.86. The fourth-order valence-corrected chi connectivity index (χ4v) is 1.29. The smallest absolute Gasteiger partial charge is 0.231 e. The standard InChI is InChI=1S/C8H9ClN3/c1-6-5-7-11(2)3-4-12(7)10-8(6)9/h3-5H,1-2H3/q+1. The highest BCUT2D eigenvalue weighted by Crippen LogP contribution is 2.11. The first-order chi connectivity index (χ1) is 5.68. The first kappa shape index (κ1) is 7.55. The van der Waals surface area contributed by atoms with Crippen LogP contribution in [-0.4, -0.2) is 9.61 Å². The summed E-state index contributed by atoms with van der Waals surface area (Å²) in [6, 6.07) is 2.01. The third-order valence-electron chi connectivity index (χ3n) is 1.89. The average molecular weight is 183 g/mol. The molecule has 2 heterocycles. The minimum Gasteiger partial charge on any atom is -0.231 e. The van der Waals surface area contributed by atoms with Crippen LogP contribution in [0.15, 0.2) is 18.5 Å². The molecule has 0 N–H and O–H groups in total. The molecular formula is C8H9ClN3+. The molecular weight excluding hydrogens is 174 g/mol. The second-order valence-corrected chi connectivity index (χ2v) is 3.19. The van der Waals surface area contributed by atoms with Crippen molar-refractivity contribution in [1.82, 2.24) is 9.61 Å². The molecule has 0 spiro atoms. The van der Waals surface area contributed by atoms with Crippen molar-refractivity contribution in [1.29, 1.82) is 0 Å². The van der Waals surface area contributed by atoms with Crippen LogP contribution in [0.25, 0.3) is 5.65 Å². The predicted molar refractivity (Wildman–Crippen MR) is 46.1 cm³/mol. The Labute approximate surface area is 75.2 Å². The van der Waals surface area contributed by atoms with Gasteiger partial charge in [-0.05, 0) is 12.5 Å². The van der Waals surface area contributed by atoms with Crippen molar-refractivity contribution >= 4 is 17.2 Å². The van der Waals surface area contributed by atoms with Gasteiger partial charge in [0.25, 0.3) is 0 Å². The average Bonchev–Trinajstić information content (AvgIpc) is 2.35. The summed E-state index contributed by atoms with van der Waals surface area (Å²) in [6.45, 7) is 1.95. The van der Waals surface area contributed by atoms with Crippen molar-refractivity contribution in [3.8, 4) is 0 Å². The number of aromatic nitrogens is 3. The zero-order valence-corrected chi connectivity index (χ0v) is 7.71. The molecule has 3 nitrogen and oxygen atoms in total. The van der Waals surface area contributed by atoms with E-state index in [1.165, 1.54) is 0 Å². The van der Waals surface area contributed by atoms with Gasteiger partial charge in [0.05, 0.1) is 7.05 Å². The predicted octanol–water partition coefficient (Wildman–Crippen LogP) is 1.12. The molecule has 0 amide bonds. The van der Waals surface area contributed by atoms with Crippen molar-refractivity contribution in [2.75, 3.05) is 0 Å². The van der Waals surface area contributed by atoms with Crippen molar-refractivity contribution in [2.45, 2.75) is 6.92 Å². The molecule has 0 aliphatic heterocycles. The monoisotopic (exact) mass is 182 g/mol. The molecule has 2 rings (SSSR count). The Bertz CT molecular complexity index is 433. The van der Waals surface area contributed by atoms with Crippen molar-refractivity contribution in [2.24, 2.45) is 7.05 Å². The summed E-state index contributed by atoms with van der Waals surface area (Å²) < 4.78 is 3.76. The second-order valence-electron chi connectivity index (χ2n) is 2.83. The van der Waals surface area contributed by atoms with Gasteiger partial charge in [-0.2, -0.15) is 0 Å². The van der Waals surface area contributed by atoms with E-state index in [-0.39, 0.29) is 0 Å². The Balaban J connectivity index is 2.87. The molecule has 0 aliphatic carbocycles. The van der Waals surface area contributed by atoms with E-state index in [0.717, 1.165) is 11.2 Å². The quantitative estimate of drug-likeness (QED) is 0.560. The fourth-order valence-electron chi connectivity index (χ4n) is 1.16. The molecule has 2 aromatic rings. The largest absolute Gasteiger partial charge is 0.307 e. The van der Waals surface area contributed by atoms with Gasteiger partial charge in [0, 0.05) is 6.07 Å². The van der Waals surface area contributed by atoms with Gasteiger partial charge < -0.3 is 0 Å². The van der Waals surface area contributed by atoms with Gasteiger partial charge in [-0.3, -0.25) is 0 Å². The molecule has 0 atom stereocenters. The molecule has 0 aromatic carbocycles. The summed E-state index contributed by atoms with van der Waals surface area (Å²) in [4.78, 5) is 0. The van der Waals surface area contributed by atoms with Crippen LogP contribution in [0.5, 0.6) is 0 Å². The molecule has 0 fully saturated rings. The maximum atomic E-state index is 5.86. The number of rotatable bonds is 0. The summed E-state index contributed by atoms with van der Waals surface area (Å²) in [6.07, 6.45) is 3.82. The maximum Gasteiger partial charge on any atom is 0.307 e. The van der Waals surface area contributed by atoms with Crippen LogP contribution < -0.4 is 4.57 Å². The van der Waals surface area contributed by atoms with E-state index in [0.29, 0.717) is 5.15 Å². The van der Waals surface area contributed by atoms with Crippen LogP contribution in [-0.2, 0) is 7.05 Å². The van der Waals surface area contributed by atoms with E-state index >= 15 is 0 Å². The van der Waals surface area contributed by atoms with Crippen LogP contribution >= 0.6 is 11.6 Å². The molecule has 0 bridgehead atoms. The zero-order chi connectivity index (χ0) is 8.72. The maximum absolute atomic E-state index is 5.86. The lowest BCUT2D eigenvalue weighted by Gasteiger charge is -1.92. The molecule has 12 heavy (non-hydrogen) atoms. The number of fused-ring (bicyclic) bond motifs is 1. The lowest BCUT2D eigenvalue weighted by molar-refractivity contribution is -0.644. The van der Waals surface area contributed by atoms with Crippen LogP contribution in [0.4, 0.5) is 0 Å². The van der Waals surface area contributed by atoms with Gasteiger partial charge in [-0.1, -0.05) is 21.2 Å². The summed E-state index contributed by atoms with van der Waals surface area (Å²) in [7, 11) is 1.98. The minimum absolute atomic E-state index is 0.554. The van der Waals surface area contributed by atoms with Gasteiger partial charge in [-0.15, -0.1) is 0 Å². The van der Waals surface area contributed by atoms with Gasteiger partial charge >= 0.3 is 5.65 Å². The lowest BCUT2D eigenvalue weighted by Crippen LogP contribution is -2.25. The van der Waals surface area contributed by atoms with E-state index in [2.05, 4.69) is 5.10 Å². The number of nitrogens with zero attached hydrogens (tertiary/aromatic N) is 3. The Morgan fingerprint density at radius 3 is 3.08 bits per heavy atom. The summed E-state index contributed by atoms with van der Waals surface area (Å²) in [5.74, 6) is 0. The Morgan fingerprint density at radius 1 is 1.58 bits per heavy atom. The van der Waals surface area contributed by atoms with Gasteiger partial charge in [0.2, 0.25) is 0 Å². The number of imidazole rings is 1. The van der Waals surface area contributed by atoms with Crippen LogP contribution in [0, 0.1) is 6.92 Å². The summed E-state index contributed by atoms with van der Waals surface area (Å²) in [5, 5.41) is 4.71. The third-order valence-corrected chi connectivity index (χ3v) is 2.27. The van der Waals surface area contributed by atoms with Gasteiger partial charge in [0.15, 0.2) is 11.3 Å². The first-order valence-corrected chi connectivity index (χ1v) is 4.06. The minimum atomic E-state index is 0.554. The molecule has 0 aliphatic rings. The molecule has 4 heteroatoms.